The van der Waals surface area contributed by atoms with E-state index in [1.807, 2.05) is 6.07 Å². The molecular formula is C11H14N2O4S. The van der Waals surface area contributed by atoms with Gasteiger partial charge in [0.05, 0.1) is 36.6 Å². The van der Waals surface area contributed by atoms with Crippen molar-refractivity contribution in [3.63, 3.8) is 0 Å². The molecule has 0 aliphatic rings. The number of aliphatic hydroxyl groups excluding tert-OH is 2. The van der Waals surface area contributed by atoms with Gasteiger partial charge in [-0.2, -0.15) is 5.26 Å². The zero-order valence-electron chi connectivity index (χ0n) is 9.57. The summed E-state index contributed by atoms with van der Waals surface area (Å²) in [5.41, 5.74) is 0.662. The average Bonchev–Trinajstić information content (AvgIpc) is 2.36. The first-order chi connectivity index (χ1) is 8.52. The van der Waals surface area contributed by atoms with Crippen LogP contribution in [0.3, 0.4) is 0 Å². The third-order valence-corrected chi connectivity index (χ3v) is 3.65. The van der Waals surface area contributed by atoms with Crippen molar-refractivity contribution in [3.8, 4) is 6.07 Å². The van der Waals surface area contributed by atoms with E-state index in [-0.39, 0.29) is 11.3 Å². The van der Waals surface area contributed by atoms with Crippen LogP contribution in [0.15, 0.2) is 24.3 Å². The number of sulfonamides is 1. The van der Waals surface area contributed by atoms with Crippen LogP contribution in [0.2, 0.25) is 0 Å². The Morgan fingerprint density at radius 1 is 1.28 bits per heavy atom. The number of nitriles is 1. The van der Waals surface area contributed by atoms with Gasteiger partial charge < -0.3 is 10.2 Å². The largest absolute Gasteiger partial charge is 0.395 e. The number of aliphatic hydroxyl groups is 2. The molecule has 98 valence electrons. The second kappa shape index (κ2) is 6.47. The quantitative estimate of drug-likeness (QED) is 0.635. The Labute approximate surface area is 106 Å². The van der Waals surface area contributed by atoms with E-state index >= 15 is 0 Å². The predicted octanol–water partition coefficient (Wildman–Crippen LogP) is -0.669. The summed E-state index contributed by atoms with van der Waals surface area (Å²) < 4.78 is 25.7. The maximum Gasteiger partial charge on any atom is 0.216 e. The maximum absolute atomic E-state index is 11.8. The average molecular weight is 270 g/mol. The van der Waals surface area contributed by atoms with E-state index in [9.17, 15) is 8.42 Å². The van der Waals surface area contributed by atoms with E-state index in [4.69, 9.17) is 15.5 Å². The van der Waals surface area contributed by atoms with E-state index in [2.05, 4.69) is 4.72 Å². The summed E-state index contributed by atoms with van der Waals surface area (Å²) in [6, 6.07) is 7.34. The second-order valence-corrected chi connectivity index (χ2v) is 5.46. The molecule has 1 rings (SSSR count). The lowest BCUT2D eigenvalue weighted by Crippen LogP contribution is -2.40. The van der Waals surface area contributed by atoms with Gasteiger partial charge in [0, 0.05) is 0 Å². The number of hydrogen-bond acceptors (Lipinski definition) is 5. The summed E-state index contributed by atoms with van der Waals surface area (Å²) in [7, 11) is -3.71. The Morgan fingerprint density at radius 2 is 1.89 bits per heavy atom. The number of benzene rings is 1. The monoisotopic (exact) mass is 270 g/mol. The number of nitrogens with zero attached hydrogens (tertiary/aromatic N) is 1. The Kier molecular flexibility index (Phi) is 5.25. The second-order valence-electron chi connectivity index (χ2n) is 3.71. The fourth-order valence-corrected chi connectivity index (χ4v) is 2.79. The minimum absolute atomic E-state index is 0.285. The molecule has 0 atom stereocenters. The molecule has 0 radical (unpaired) electrons. The van der Waals surface area contributed by atoms with Crippen molar-refractivity contribution in [1.29, 1.82) is 5.26 Å². The van der Waals surface area contributed by atoms with Crippen molar-refractivity contribution in [2.24, 2.45) is 0 Å². The van der Waals surface area contributed by atoms with Crippen LogP contribution in [-0.2, 0) is 15.8 Å². The van der Waals surface area contributed by atoms with E-state index in [0.29, 0.717) is 5.56 Å². The van der Waals surface area contributed by atoms with Crippen molar-refractivity contribution in [3.05, 3.63) is 35.4 Å². The third-order valence-electron chi connectivity index (χ3n) is 2.27. The summed E-state index contributed by atoms with van der Waals surface area (Å²) >= 11 is 0. The van der Waals surface area contributed by atoms with Crippen molar-refractivity contribution >= 4 is 10.0 Å². The SMILES string of the molecule is N#Cc1ccccc1CS(=O)(=O)NC(CO)CO. The van der Waals surface area contributed by atoms with E-state index in [1.165, 1.54) is 6.07 Å². The van der Waals surface area contributed by atoms with Gasteiger partial charge in [-0.1, -0.05) is 18.2 Å². The molecule has 0 saturated carbocycles. The van der Waals surface area contributed by atoms with Gasteiger partial charge in [0.25, 0.3) is 0 Å². The Hall–Kier alpha value is -1.46. The highest BCUT2D eigenvalue weighted by atomic mass is 32.2. The predicted molar refractivity (Wildman–Crippen MR) is 64.9 cm³/mol. The molecule has 0 aromatic heterocycles. The number of rotatable bonds is 6. The lowest BCUT2D eigenvalue weighted by molar-refractivity contribution is 0.185. The molecule has 0 aliphatic carbocycles. The smallest absolute Gasteiger partial charge is 0.216 e. The molecular weight excluding hydrogens is 256 g/mol. The third kappa shape index (κ3) is 4.09. The molecule has 0 saturated heterocycles. The number of hydrogen-bond donors (Lipinski definition) is 3. The van der Waals surface area contributed by atoms with Gasteiger partial charge in [-0.3, -0.25) is 0 Å². The first-order valence-electron chi connectivity index (χ1n) is 5.22. The molecule has 6 nitrogen and oxygen atoms in total. The van der Waals surface area contributed by atoms with Gasteiger partial charge in [-0.25, -0.2) is 13.1 Å². The Bertz CT molecular complexity index is 532. The zero-order chi connectivity index (χ0) is 13.6. The zero-order valence-corrected chi connectivity index (χ0v) is 10.4. The summed E-state index contributed by atoms with van der Waals surface area (Å²) in [6.07, 6.45) is 0. The highest BCUT2D eigenvalue weighted by Crippen LogP contribution is 2.11. The topological polar surface area (TPSA) is 110 Å². The van der Waals surface area contributed by atoms with Crippen molar-refractivity contribution in [2.45, 2.75) is 11.8 Å². The minimum atomic E-state index is -3.71. The summed E-state index contributed by atoms with van der Waals surface area (Å²) in [5, 5.41) is 26.5. The molecule has 1 aromatic carbocycles. The van der Waals surface area contributed by atoms with Crippen LogP contribution in [0.4, 0.5) is 0 Å². The van der Waals surface area contributed by atoms with Crippen molar-refractivity contribution in [2.75, 3.05) is 13.2 Å². The number of nitrogens with one attached hydrogen (secondary N) is 1. The van der Waals surface area contributed by atoms with Gasteiger partial charge in [0.1, 0.15) is 0 Å². The molecule has 0 amide bonds. The molecule has 0 fully saturated rings. The fourth-order valence-electron chi connectivity index (χ4n) is 1.39. The van der Waals surface area contributed by atoms with Crippen molar-refractivity contribution < 1.29 is 18.6 Å². The summed E-state index contributed by atoms with van der Waals surface area (Å²) in [5.74, 6) is -0.368. The van der Waals surface area contributed by atoms with Gasteiger partial charge >= 0.3 is 0 Å². The fraction of sp³-hybridized carbons (Fsp3) is 0.364. The van der Waals surface area contributed by atoms with Crippen LogP contribution < -0.4 is 4.72 Å². The highest BCUT2D eigenvalue weighted by molar-refractivity contribution is 7.88. The molecule has 7 heteroatoms. The standard InChI is InChI=1S/C11H14N2O4S/c12-5-9-3-1-2-4-10(9)8-18(16,17)13-11(6-14)7-15/h1-4,11,13-15H,6-8H2. The van der Waals surface area contributed by atoms with Gasteiger partial charge in [0.2, 0.25) is 10.0 Å². The maximum atomic E-state index is 11.8. The summed E-state index contributed by atoms with van der Waals surface area (Å²) in [4.78, 5) is 0. The lowest BCUT2D eigenvalue weighted by Gasteiger charge is -2.14. The highest BCUT2D eigenvalue weighted by Gasteiger charge is 2.18. The van der Waals surface area contributed by atoms with Crippen LogP contribution in [0.1, 0.15) is 11.1 Å². The van der Waals surface area contributed by atoms with E-state index in [1.54, 1.807) is 18.2 Å². The molecule has 0 unspecified atom stereocenters. The normalized spacial score (nSPS) is 11.4. The Morgan fingerprint density at radius 3 is 2.44 bits per heavy atom. The first kappa shape index (κ1) is 14.6. The minimum Gasteiger partial charge on any atom is -0.395 e. The van der Waals surface area contributed by atoms with Crippen LogP contribution in [0.25, 0.3) is 0 Å². The molecule has 3 N–H and O–H groups in total. The first-order valence-corrected chi connectivity index (χ1v) is 6.87. The van der Waals surface area contributed by atoms with Crippen LogP contribution in [0, 0.1) is 11.3 Å². The molecule has 1 aromatic rings. The van der Waals surface area contributed by atoms with Crippen LogP contribution in [0.5, 0.6) is 0 Å². The molecule has 0 heterocycles. The Balaban J connectivity index is 2.86. The van der Waals surface area contributed by atoms with Crippen LogP contribution >= 0.6 is 0 Å². The van der Waals surface area contributed by atoms with Crippen molar-refractivity contribution in [1.82, 2.24) is 4.72 Å². The van der Waals surface area contributed by atoms with Crippen LogP contribution in [-0.4, -0.2) is 37.9 Å². The molecule has 0 bridgehead atoms. The van der Waals surface area contributed by atoms with Gasteiger partial charge in [-0.05, 0) is 11.6 Å². The summed E-state index contributed by atoms with van der Waals surface area (Å²) in [6.45, 7) is -0.981. The lowest BCUT2D eigenvalue weighted by atomic mass is 10.1. The molecule has 18 heavy (non-hydrogen) atoms. The van der Waals surface area contributed by atoms with Gasteiger partial charge in [0.15, 0.2) is 0 Å². The molecule has 0 aliphatic heterocycles. The van der Waals surface area contributed by atoms with E-state index < -0.39 is 29.3 Å². The van der Waals surface area contributed by atoms with E-state index in [0.717, 1.165) is 0 Å². The molecule has 0 spiro atoms. The van der Waals surface area contributed by atoms with Gasteiger partial charge in [-0.15, -0.1) is 0 Å².